The maximum Gasteiger partial charge on any atom is 0.263 e. The Morgan fingerprint density at radius 3 is 2.63 bits per heavy atom. The van der Waals surface area contributed by atoms with Crippen LogP contribution in [0.25, 0.3) is 5.65 Å². The second-order valence-electron chi connectivity index (χ2n) is 6.72. The van der Waals surface area contributed by atoms with Crippen LogP contribution in [0.2, 0.25) is 0 Å². The molecule has 0 saturated carbocycles. The zero-order valence-corrected chi connectivity index (χ0v) is 17.9. The minimum absolute atomic E-state index is 0.0869. The second kappa shape index (κ2) is 7.88. The monoisotopic (exact) mass is 441 g/mol. The van der Waals surface area contributed by atoms with E-state index >= 15 is 0 Å². The number of fused-ring (bicyclic) bond motifs is 1. The minimum atomic E-state index is -3.73. The number of anilines is 2. The molecule has 4 rings (SSSR count). The molecule has 3 aromatic heterocycles. The van der Waals surface area contributed by atoms with Gasteiger partial charge in [-0.05, 0) is 49.7 Å². The molecular weight excluding hydrogens is 422 g/mol. The molecule has 3 heterocycles. The standard InChI is InChI=1S/C20H19N5O3S2/c1-13-4-3-10-25-17(14(2)22-19(13)25)12-18(26)23-15-5-7-16(8-6-15)30(27,28)24-20-21-9-11-29-20/h3-11H,12H2,1-2H3,(H,21,24)(H,23,26). The van der Waals surface area contributed by atoms with Crippen molar-refractivity contribution in [3.8, 4) is 0 Å². The molecule has 0 bridgehead atoms. The fourth-order valence-corrected chi connectivity index (χ4v) is 4.89. The molecule has 4 aromatic rings. The summed E-state index contributed by atoms with van der Waals surface area (Å²) in [6, 6.07) is 9.89. The van der Waals surface area contributed by atoms with Gasteiger partial charge in [-0.2, -0.15) is 0 Å². The zero-order valence-electron chi connectivity index (χ0n) is 16.3. The summed E-state index contributed by atoms with van der Waals surface area (Å²) >= 11 is 1.19. The van der Waals surface area contributed by atoms with E-state index in [4.69, 9.17) is 0 Å². The van der Waals surface area contributed by atoms with E-state index in [1.54, 1.807) is 17.5 Å². The number of aromatic nitrogens is 3. The van der Waals surface area contributed by atoms with E-state index in [9.17, 15) is 13.2 Å². The Balaban J connectivity index is 1.47. The van der Waals surface area contributed by atoms with Crippen LogP contribution in [0.1, 0.15) is 17.0 Å². The first kappa shape index (κ1) is 20.0. The van der Waals surface area contributed by atoms with Crippen LogP contribution in [0.15, 0.2) is 59.1 Å². The number of sulfonamides is 1. The molecule has 0 aliphatic carbocycles. The molecule has 0 atom stereocenters. The number of imidazole rings is 1. The number of nitrogens with zero attached hydrogens (tertiary/aromatic N) is 3. The molecule has 1 amide bonds. The molecule has 0 spiro atoms. The van der Waals surface area contributed by atoms with Gasteiger partial charge in [0.2, 0.25) is 5.91 Å². The van der Waals surface area contributed by atoms with E-state index in [0.29, 0.717) is 10.8 Å². The number of hydrogen-bond donors (Lipinski definition) is 2. The highest BCUT2D eigenvalue weighted by Crippen LogP contribution is 2.20. The van der Waals surface area contributed by atoms with Crippen molar-refractivity contribution in [2.75, 3.05) is 10.0 Å². The van der Waals surface area contributed by atoms with E-state index in [1.807, 2.05) is 36.6 Å². The average Bonchev–Trinajstić information content (AvgIpc) is 3.31. The Labute approximate surface area is 177 Å². The summed E-state index contributed by atoms with van der Waals surface area (Å²) in [4.78, 5) is 21.1. The summed E-state index contributed by atoms with van der Waals surface area (Å²) in [5.74, 6) is -0.210. The number of carbonyl (C=O) groups excluding carboxylic acids is 1. The highest BCUT2D eigenvalue weighted by atomic mass is 32.2. The van der Waals surface area contributed by atoms with Crippen molar-refractivity contribution in [3.63, 3.8) is 0 Å². The first-order valence-corrected chi connectivity index (χ1v) is 11.4. The third-order valence-corrected chi connectivity index (χ3v) is 6.75. The van der Waals surface area contributed by atoms with E-state index in [1.165, 1.54) is 29.7 Å². The smallest absolute Gasteiger partial charge is 0.263 e. The first-order chi connectivity index (χ1) is 14.3. The van der Waals surface area contributed by atoms with Crippen molar-refractivity contribution >= 4 is 43.7 Å². The molecule has 8 nitrogen and oxygen atoms in total. The number of amides is 1. The molecule has 30 heavy (non-hydrogen) atoms. The van der Waals surface area contributed by atoms with Gasteiger partial charge in [0.1, 0.15) is 5.65 Å². The van der Waals surface area contributed by atoms with Crippen LogP contribution in [-0.4, -0.2) is 28.7 Å². The number of pyridine rings is 1. The number of carbonyl (C=O) groups is 1. The van der Waals surface area contributed by atoms with Gasteiger partial charge in [-0.25, -0.2) is 18.4 Å². The van der Waals surface area contributed by atoms with Crippen LogP contribution in [-0.2, 0) is 21.2 Å². The van der Waals surface area contributed by atoms with E-state index in [2.05, 4.69) is 20.0 Å². The number of nitrogens with one attached hydrogen (secondary N) is 2. The molecule has 2 N–H and O–H groups in total. The van der Waals surface area contributed by atoms with Crippen molar-refractivity contribution in [3.05, 3.63) is 71.1 Å². The van der Waals surface area contributed by atoms with Crippen molar-refractivity contribution in [1.82, 2.24) is 14.4 Å². The number of benzene rings is 1. The Bertz CT molecular complexity index is 1310. The van der Waals surface area contributed by atoms with Crippen LogP contribution >= 0.6 is 11.3 Å². The summed E-state index contributed by atoms with van der Waals surface area (Å²) in [6.45, 7) is 3.86. The largest absolute Gasteiger partial charge is 0.326 e. The molecule has 10 heteroatoms. The summed E-state index contributed by atoms with van der Waals surface area (Å²) in [6.07, 6.45) is 3.57. The van der Waals surface area contributed by atoms with Gasteiger partial charge < -0.3 is 9.72 Å². The van der Waals surface area contributed by atoms with Gasteiger partial charge in [-0.15, -0.1) is 11.3 Å². The molecule has 0 aliphatic rings. The highest BCUT2D eigenvalue weighted by molar-refractivity contribution is 7.93. The van der Waals surface area contributed by atoms with Crippen molar-refractivity contribution in [2.45, 2.75) is 25.2 Å². The summed E-state index contributed by atoms with van der Waals surface area (Å²) in [5, 5.41) is 4.79. The fraction of sp³-hybridized carbons (Fsp3) is 0.150. The van der Waals surface area contributed by atoms with Crippen LogP contribution < -0.4 is 10.0 Å². The molecule has 0 fully saturated rings. The second-order valence-corrected chi connectivity index (χ2v) is 9.30. The van der Waals surface area contributed by atoms with Gasteiger partial charge in [0.05, 0.1) is 22.7 Å². The zero-order chi connectivity index (χ0) is 21.3. The van der Waals surface area contributed by atoms with Crippen molar-refractivity contribution in [2.24, 2.45) is 0 Å². The van der Waals surface area contributed by atoms with E-state index < -0.39 is 10.0 Å². The Morgan fingerprint density at radius 2 is 1.93 bits per heavy atom. The Morgan fingerprint density at radius 1 is 1.17 bits per heavy atom. The van der Waals surface area contributed by atoms with Crippen molar-refractivity contribution < 1.29 is 13.2 Å². The summed E-state index contributed by atoms with van der Waals surface area (Å²) < 4.78 is 29.1. The highest BCUT2D eigenvalue weighted by Gasteiger charge is 2.17. The maximum atomic E-state index is 12.6. The van der Waals surface area contributed by atoms with Crippen LogP contribution in [0, 0.1) is 13.8 Å². The minimum Gasteiger partial charge on any atom is -0.326 e. The van der Waals surface area contributed by atoms with Crippen LogP contribution in [0.3, 0.4) is 0 Å². The fourth-order valence-electron chi connectivity index (χ4n) is 3.10. The number of aryl methyl sites for hydroxylation is 2. The molecule has 0 aliphatic heterocycles. The lowest BCUT2D eigenvalue weighted by atomic mass is 10.2. The third-order valence-electron chi connectivity index (χ3n) is 4.57. The SMILES string of the molecule is Cc1nc2c(C)cccn2c1CC(=O)Nc1ccc(S(=O)(=O)Nc2nccs2)cc1. The van der Waals surface area contributed by atoms with Crippen LogP contribution in [0.5, 0.6) is 0 Å². The predicted molar refractivity (Wildman–Crippen MR) is 116 cm³/mol. The van der Waals surface area contributed by atoms with E-state index in [0.717, 1.165) is 22.6 Å². The van der Waals surface area contributed by atoms with Crippen LogP contribution in [0.4, 0.5) is 10.8 Å². The first-order valence-electron chi connectivity index (χ1n) is 9.09. The average molecular weight is 442 g/mol. The predicted octanol–water partition coefficient (Wildman–Crippen LogP) is 3.39. The molecule has 0 saturated heterocycles. The Kier molecular flexibility index (Phi) is 5.27. The van der Waals surface area contributed by atoms with Gasteiger partial charge in [-0.1, -0.05) is 6.07 Å². The topological polar surface area (TPSA) is 105 Å². The molecule has 1 aromatic carbocycles. The normalized spacial score (nSPS) is 11.5. The number of hydrogen-bond acceptors (Lipinski definition) is 6. The molecule has 154 valence electrons. The van der Waals surface area contributed by atoms with Gasteiger partial charge in [0.15, 0.2) is 5.13 Å². The van der Waals surface area contributed by atoms with Crippen molar-refractivity contribution in [1.29, 1.82) is 0 Å². The molecule has 0 unspecified atom stereocenters. The summed E-state index contributed by atoms with van der Waals surface area (Å²) in [7, 11) is -3.73. The van der Waals surface area contributed by atoms with Gasteiger partial charge in [0, 0.05) is 23.5 Å². The third kappa shape index (κ3) is 4.05. The van der Waals surface area contributed by atoms with Gasteiger partial charge in [-0.3, -0.25) is 9.52 Å². The quantitative estimate of drug-likeness (QED) is 0.477. The van der Waals surface area contributed by atoms with E-state index in [-0.39, 0.29) is 17.2 Å². The lowest BCUT2D eigenvalue weighted by Crippen LogP contribution is -2.16. The number of rotatable bonds is 6. The Hall–Kier alpha value is -3.24. The molecule has 0 radical (unpaired) electrons. The maximum absolute atomic E-state index is 12.6. The summed E-state index contributed by atoms with van der Waals surface area (Å²) in [5.41, 5.74) is 4.00. The molecular formula is C20H19N5O3S2. The number of thiazole rings is 1. The lowest BCUT2D eigenvalue weighted by molar-refractivity contribution is -0.115. The van der Waals surface area contributed by atoms with Gasteiger partial charge in [0.25, 0.3) is 10.0 Å². The van der Waals surface area contributed by atoms with Gasteiger partial charge >= 0.3 is 0 Å². The lowest BCUT2D eigenvalue weighted by Gasteiger charge is -2.08.